The lowest BCUT2D eigenvalue weighted by Crippen LogP contribution is -2.36. The van der Waals surface area contributed by atoms with Crippen LogP contribution in [0.25, 0.3) is 5.69 Å². The summed E-state index contributed by atoms with van der Waals surface area (Å²) >= 11 is 0. The van der Waals surface area contributed by atoms with E-state index in [-0.39, 0.29) is 41.5 Å². The minimum atomic E-state index is -3.82. The number of carboxylic acid groups (broad SMARTS) is 1. The number of carbonyl (C=O) groups is 1. The van der Waals surface area contributed by atoms with Crippen LogP contribution in [-0.2, 0) is 23.6 Å². The number of nitrogens with zero attached hydrogens (tertiary/aromatic N) is 6. The Morgan fingerprint density at radius 3 is 2.73 bits per heavy atom. The third kappa shape index (κ3) is 4.66. The maximum atomic E-state index is 13.8. The van der Waals surface area contributed by atoms with E-state index in [9.17, 15) is 18.3 Å². The number of aryl methyl sites for hydroxylation is 2. The lowest BCUT2D eigenvalue weighted by Gasteiger charge is -2.23. The van der Waals surface area contributed by atoms with Gasteiger partial charge in [-0.25, -0.2) is 17.9 Å². The van der Waals surface area contributed by atoms with Gasteiger partial charge < -0.3 is 9.84 Å². The number of aromatic nitrogens is 5. The van der Waals surface area contributed by atoms with Gasteiger partial charge >= 0.3 is 5.97 Å². The van der Waals surface area contributed by atoms with Crippen LogP contribution < -0.4 is 4.74 Å². The fraction of sp³-hybridized carbons (Fsp3) is 0.357. The molecule has 1 fully saturated rings. The third-order valence-electron chi connectivity index (χ3n) is 7.57. The smallest absolute Gasteiger partial charge is 0.339 e. The second-order valence-corrected chi connectivity index (χ2v) is 12.4. The second-order valence-electron chi connectivity index (χ2n) is 10.5. The summed E-state index contributed by atoms with van der Waals surface area (Å²) in [6.45, 7) is 4.18. The molecule has 40 heavy (non-hydrogen) atoms. The Kier molecular flexibility index (Phi) is 6.46. The van der Waals surface area contributed by atoms with E-state index in [0.29, 0.717) is 23.6 Å². The van der Waals surface area contributed by atoms with Gasteiger partial charge in [-0.3, -0.25) is 4.68 Å². The molecule has 3 atom stereocenters. The maximum absolute atomic E-state index is 13.8. The zero-order chi connectivity index (χ0) is 28.2. The predicted molar refractivity (Wildman–Crippen MR) is 145 cm³/mol. The first-order valence-corrected chi connectivity index (χ1v) is 14.6. The summed E-state index contributed by atoms with van der Waals surface area (Å²) in [6.07, 6.45) is 4.33. The van der Waals surface area contributed by atoms with E-state index in [4.69, 9.17) is 4.74 Å². The number of sulfonamides is 1. The molecule has 1 aliphatic heterocycles. The first-order valence-electron chi connectivity index (χ1n) is 13.2. The summed E-state index contributed by atoms with van der Waals surface area (Å²) < 4.78 is 38.3. The molecule has 1 saturated carbocycles. The van der Waals surface area contributed by atoms with E-state index in [0.717, 1.165) is 23.2 Å². The van der Waals surface area contributed by atoms with Crippen LogP contribution in [0.5, 0.6) is 5.75 Å². The van der Waals surface area contributed by atoms with Crippen molar-refractivity contribution in [2.45, 2.75) is 56.1 Å². The molecule has 0 radical (unpaired) electrons. The van der Waals surface area contributed by atoms with Gasteiger partial charge in [-0.2, -0.15) is 9.40 Å². The monoisotopic (exact) mass is 562 g/mol. The third-order valence-corrected chi connectivity index (χ3v) is 9.40. The number of carboxylic acids is 1. The van der Waals surface area contributed by atoms with E-state index in [1.165, 1.54) is 10.5 Å². The molecule has 4 aromatic rings. The Bertz CT molecular complexity index is 1710. The average Bonchev–Trinajstić information content (AvgIpc) is 3.40. The van der Waals surface area contributed by atoms with Crippen molar-refractivity contribution in [3.05, 3.63) is 82.9 Å². The number of aromatic carboxylic acids is 1. The van der Waals surface area contributed by atoms with E-state index in [2.05, 4.69) is 15.4 Å². The molecule has 2 aromatic heterocycles. The van der Waals surface area contributed by atoms with Crippen molar-refractivity contribution in [2.24, 2.45) is 7.05 Å². The van der Waals surface area contributed by atoms with Crippen molar-refractivity contribution in [2.75, 3.05) is 6.54 Å². The number of hydrogen-bond donors (Lipinski definition) is 1. The molecule has 11 nitrogen and oxygen atoms in total. The highest BCUT2D eigenvalue weighted by molar-refractivity contribution is 7.89. The quantitative estimate of drug-likeness (QED) is 0.361. The van der Waals surface area contributed by atoms with Gasteiger partial charge in [0.15, 0.2) is 0 Å². The fourth-order valence-corrected chi connectivity index (χ4v) is 7.06. The van der Waals surface area contributed by atoms with E-state index in [1.54, 1.807) is 28.5 Å². The van der Waals surface area contributed by atoms with E-state index < -0.39 is 16.0 Å². The number of benzene rings is 2. The Balaban J connectivity index is 1.34. The molecule has 6 rings (SSSR count). The molecule has 0 saturated heterocycles. The molecular formula is C28H30N6O5S. The van der Waals surface area contributed by atoms with E-state index >= 15 is 0 Å². The average molecular weight is 563 g/mol. The number of ether oxygens (including phenoxy) is 1. The fourth-order valence-electron chi connectivity index (χ4n) is 5.39. The van der Waals surface area contributed by atoms with Gasteiger partial charge in [-0.1, -0.05) is 30.3 Å². The highest BCUT2D eigenvalue weighted by Crippen LogP contribution is 2.55. The van der Waals surface area contributed by atoms with Crippen LogP contribution in [0.3, 0.4) is 0 Å². The van der Waals surface area contributed by atoms with Crippen molar-refractivity contribution < 1.29 is 23.1 Å². The predicted octanol–water partition coefficient (Wildman–Crippen LogP) is 3.64. The molecule has 1 N–H and O–H groups in total. The van der Waals surface area contributed by atoms with Crippen LogP contribution in [-0.4, -0.2) is 61.2 Å². The summed E-state index contributed by atoms with van der Waals surface area (Å²) in [5, 5.41) is 22.6. The summed E-state index contributed by atoms with van der Waals surface area (Å²) in [5.74, 6) is -0.681. The van der Waals surface area contributed by atoms with Crippen LogP contribution in [0.4, 0.5) is 0 Å². The largest absolute Gasteiger partial charge is 0.488 e. The highest BCUT2D eigenvalue weighted by atomic mass is 32.2. The van der Waals surface area contributed by atoms with Crippen molar-refractivity contribution >= 4 is 16.0 Å². The lowest BCUT2D eigenvalue weighted by molar-refractivity contribution is 0.0695. The normalized spacial score (nSPS) is 21.8. The topological polar surface area (TPSA) is 132 Å². The summed E-state index contributed by atoms with van der Waals surface area (Å²) in [4.78, 5) is 12.3. The summed E-state index contributed by atoms with van der Waals surface area (Å²) in [5.41, 5.74) is 3.82. The Hall–Kier alpha value is -4.03. The maximum Gasteiger partial charge on any atom is 0.339 e. The molecule has 1 aliphatic carbocycles. The van der Waals surface area contributed by atoms with Crippen LogP contribution in [0.1, 0.15) is 64.5 Å². The van der Waals surface area contributed by atoms with Gasteiger partial charge in [0.25, 0.3) is 0 Å². The zero-order valence-corrected chi connectivity index (χ0v) is 23.2. The Morgan fingerprint density at radius 1 is 1.18 bits per heavy atom. The summed E-state index contributed by atoms with van der Waals surface area (Å²) in [6, 6.07) is 12.6. The van der Waals surface area contributed by atoms with Crippen LogP contribution in [0.2, 0.25) is 0 Å². The lowest BCUT2D eigenvalue weighted by atomic mass is 10.1. The molecule has 0 bridgehead atoms. The highest BCUT2D eigenvalue weighted by Gasteiger charge is 2.46. The van der Waals surface area contributed by atoms with E-state index in [1.807, 2.05) is 50.4 Å². The standard InChI is InChI=1S/C28H30N6O5S/c1-4-20-15-33(40(37,38)26-10-17(2)8-9-25(26)39-20)14-18-6-5-7-19(11-18)34-27(23(13-29-34)28(35)36)22-12-21(22)24-16-32(3)31-30-24/h5-11,13,16,20-22H,4,12,14-15H2,1-3H3,(H,35,36)/t20-,21-,22-/m1/s1. The Morgan fingerprint density at radius 2 is 2.00 bits per heavy atom. The Labute approximate surface area is 232 Å². The molecule has 0 amide bonds. The van der Waals surface area contributed by atoms with Gasteiger partial charge in [0, 0.05) is 31.6 Å². The number of rotatable bonds is 7. The summed E-state index contributed by atoms with van der Waals surface area (Å²) in [7, 11) is -2.02. The van der Waals surface area contributed by atoms with Gasteiger partial charge in [0.2, 0.25) is 10.0 Å². The van der Waals surface area contributed by atoms with Crippen molar-refractivity contribution in [1.29, 1.82) is 0 Å². The molecule has 0 spiro atoms. The van der Waals surface area contributed by atoms with Gasteiger partial charge in [0.1, 0.15) is 22.3 Å². The first kappa shape index (κ1) is 26.2. The van der Waals surface area contributed by atoms with Crippen molar-refractivity contribution in [1.82, 2.24) is 29.1 Å². The molecule has 208 valence electrons. The van der Waals surface area contributed by atoms with Crippen LogP contribution in [0.15, 0.2) is 59.8 Å². The SMILES string of the molecule is CC[C@@H]1CN(Cc2cccc(-n3ncc(C(=O)O)c3[C@@H]3C[C@H]3c3cn(C)nn3)c2)S(=O)(=O)c2cc(C)ccc2O1. The van der Waals surface area contributed by atoms with Crippen LogP contribution >= 0.6 is 0 Å². The van der Waals surface area contributed by atoms with Crippen molar-refractivity contribution in [3.8, 4) is 11.4 Å². The zero-order valence-electron chi connectivity index (χ0n) is 22.4. The minimum absolute atomic E-state index is 0.0576. The number of fused-ring (bicyclic) bond motifs is 1. The van der Waals surface area contributed by atoms with Crippen molar-refractivity contribution in [3.63, 3.8) is 0 Å². The minimum Gasteiger partial charge on any atom is -0.488 e. The molecule has 12 heteroatoms. The van der Waals surface area contributed by atoms with Gasteiger partial charge in [0.05, 0.1) is 29.8 Å². The molecule has 2 aliphatic rings. The molecule has 2 aromatic carbocycles. The molecule has 3 heterocycles. The van der Waals surface area contributed by atoms with Gasteiger partial charge in [-0.15, -0.1) is 5.10 Å². The second kappa shape index (κ2) is 9.86. The number of hydrogen-bond acceptors (Lipinski definition) is 7. The molecule has 0 unspecified atom stereocenters. The van der Waals surface area contributed by atoms with Gasteiger partial charge in [-0.05, 0) is 55.2 Å². The molecular weight excluding hydrogens is 532 g/mol. The first-order chi connectivity index (χ1) is 19.2. The van der Waals surface area contributed by atoms with Crippen LogP contribution in [0, 0.1) is 6.92 Å².